The van der Waals surface area contributed by atoms with Gasteiger partial charge in [-0.3, -0.25) is 9.45 Å². The third kappa shape index (κ3) is 5.39. The molecule has 0 saturated carbocycles. The van der Waals surface area contributed by atoms with Gasteiger partial charge in [-0.2, -0.15) is 8.42 Å². The SMILES string of the molecule is O=S(=O)(O)C(O)C(O)CN1CCOCC1.[NaH]. The molecule has 9 heteroatoms. The summed E-state index contributed by atoms with van der Waals surface area (Å²) in [6, 6.07) is 0. The number of aliphatic hydroxyl groups excluding tert-OH is 2. The molecule has 0 amide bonds. The maximum atomic E-state index is 10.5. The number of rotatable bonds is 4. The molecule has 1 saturated heterocycles. The van der Waals surface area contributed by atoms with E-state index in [4.69, 9.17) is 14.4 Å². The predicted molar refractivity (Wildman–Crippen MR) is 58.0 cm³/mol. The summed E-state index contributed by atoms with van der Waals surface area (Å²) in [5.41, 5.74) is -2.15. The van der Waals surface area contributed by atoms with E-state index in [-0.39, 0.29) is 36.1 Å². The van der Waals surface area contributed by atoms with E-state index in [2.05, 4.69) is 0 Å². The topological polar surface area (TPSA) is 107 Å². The molecule has 1 rings (SSSR count). The summed E-state index contributed by atoms with van der Waals surface area (Å²) < 4.78 is 34.6. The van der Waals surface area contributed by atoms with Crippen molar-refractivity contribution in [3.05, 3.63) is 0 Å². The molecule has 0 aromatic heterocycles. The maximum absolute atomic E-state index is 10.5. The van der Waals surface area contributed by atoms with Crippen molar-refractivity contribution in [1.29, 1.82) is 0 Å². The van der Waals surface area contributed by atoms with Crippen molar-refractivity contribution in [3.8, 4) is 0 Å². The molecule has 0 radical (unpaired) electrons. The molecule has 1 aliphatic heterocycles. The van der Waals surface area contributed by atoms with Crippen LogP contribution in [0, 0.1) is 0 Å². The van der Waals surface area contributed by atoms with Gasteiger partial charge in [0, 0.05) is 19.6 Å². The van der Waals surface area contributed by atoms with E-state index < -0.39 is 21.7 Å². The zero-order valence-electron chi connectivity index (χ0n) is 8.11. The van der Waals surface area contributed by atoms with Crippen molar-refractivity contribution in [2.45, 2.75) is 11.5 Å². The summed E-state index contributed by atoms with van der Waals surface area (Å²) in [7, 11) is -4.61. The van der Waals surface area contributed by atoms with Crippen LogP contribution < -0.4 is 0 Å². The summed E-state index contributed by atoms with van der Waals surface area (Å²) >= 11 is 0. The van der Waals surface area contributed by atoms with Gasteiger partial charge in [0.05, 0.1) is 13.2 Å². The van der Waals surface area contributed by atoms with Crippen LogP contribution in [0.25, 0.3) is 0 Å². The van der Waals surface area contributed by atoms with E-state index in [0.717, 1.165) is 0 Å². The fourth-order valence-electron chi connectivity index (χ4n) is 1.34. The Kier molecular flexibility index (Phi) is 7.58. The number of morpholine rings is 1. The van der Waals surface area contributed by atoms with Crippen LogP contribution in [-0.4, -0.2) is 102 Å². The molecule has 0 aromatic carbocycles. The molecule has 0 aliphatic carbocycles. The molecule has 7 nitrogen and oxygen atoms in total. The normalized spacial score (nSPS) is 22.2. The molecule has 2 atom stereocenters. The van der Waals surface area contributed by atoms with Gasteiger partial charge in [0.25, 0.3) is 10.1 Å². The van der Waals surface area contributed by atoms with Crippen LogP contribution >= 0.6 is 0 Å². The van der Waals surface area contributed by atoms with Crippen molar-refractivity contribution < 1.29 is 27.9 Å². The molecule has 1 fully saturated rings. The molecule has 0 spiro atoms. The average Bonchev–Trinajstić information content (AvgIpc) is 2.16. The fraction of sp³-hybridized carbons (Fsp3) is 1.00. The minimum atomic E-state index is -4.61. The summed E-state index contributed by atoms with van der Waals surface area (Å²) in [5.74, 6) is 0. The Labute approximate surface area is 116 Å². The molecular formula is C7H16NNaO6S. The Balaban J connectivity index is 0.00000225. The van der Waals surface area contributed by atoms with E-state index in [1.807, 2.05) is 0 Å². The number of aliphatic hydroxyl groups is 2. The number of ether oxygens (including phenoxy) is 1. The van der Waals surface area contributed by atoms with Gasteiger partial charge < -0.3 is 14.9 Å². The van der Waals surface area contributed by atoms with Gasteiger partial charge in [0.15, 0.2) is 0 Å². The molecule has 1 aliphatic rings. The number of hydrogen-bond acceptors (Lipinski definition) is 6. The van der Waals surface area contributed by atoms with Crippen LogP contribution in [-0.2, 0) is 14.9 Å². The van der Waals surface area contributed by atoms with E-state index >= 15 is 0 Å². The van der Waals surface area contributed by atoms with Crippen molar-refractivity contribution in [2.75, 3.05) is 32.8 Å². The van der Waals surface area contributed by atoms with Gasteiger partial charge in [0.1, 0.15) is 6.10 Å². The zero-order chi connectivity index (χ0) is 11.5. The second-order valence-corrected chi connectivity index (χ2v) is 4.90. The van der Waals surface area contributed by atoms with Crippen molar-refractivity contribution in [3.63, 3.8) is 0 Å². The van der Waals surface area contributed by atoms with E-state index in [9.17, 15) is 13.5 Å². The second kappa shape index (κ2) is 7.24. The van der Waals surface area contributed by atoms with Gasteiger partial charge in [0.2, 0.25) is 5.44 Å². The Hall–Kier alpha value is 0.750. The standard InChI is InChI=1S/C7H15NO6S.Na.H/c9-6(7(10)15(11,12)13)5-8-1-3-14-4-2-8;;/h6-7,9-10H,1-5H2,(H,11,12,13);;. The molecule has 92 valence electrons. The summed E-state index contributed by atoms with van der Waals surface area (Å²) in [5, 5.41) is 18.4. The Morgan fingerprint density at radius 2 is 1.75 bits per heavy atom. The number of β-amino-alcohol motifs (C(OH)–C–C–N with tert-alkyl or cyclic N) is 1. The first kappa shape index (κ1) is 16.8. The van der Waals surface area contributed by atoms with Crippen LogP contribution in [0.2, 0.25) is 0 Å². The number of hydrogen-bond donors (Lipinski definition) is 3. The van der Waals surface area contributed by atoms with Crippen LogP contribution in [0.4, 0.5) is 0 Å². The van der Waals surface area contributed by atoms with Gasteiger partial charge in [-0.1, -0.05) is 0 Å². The molecular weight excluding hydrogens is 249 g/mol. The molecule has 0 aromatic rings. The second-order valence-electron chi connectivity index (χ2n) is 3.39. The minimum absolute atomic E-state index is 0. The van der Waals surface area contributed by atoms with Crippen LogP contribution in [0.15, 0.2) is 0 Å². The van der Waals surface area contributed by atoms with Crippen molar-refractivity contribution in [1.82, 2.24) is 4.90 Å². The molecule has 0 bridgehead atoms. The molecule has 1 heterocycles. The Morgan fingerprint density at radius 3 is 2.19 bits per heavy atom. The Morgan fingerprint density at radius 1 is 1.25 bits per heavy atom. The quantitative estimate of drug-likeness (QED) is 0.373. The fourth-order valence-corrected chi connectivity index (χ4v) is 1.82. The van der Waals surface area contributed by atoms with Gasteiger partial charge in [-0.05, 0) is 0 Å². The van der Waals surface area contributed by atoms with Crippen LogP contribution in [0.3, 0.4) is 0 Å². The Bertz CT molecular complexity index is 291. The van der Waals surface area contributed by atoms with Crippen molar-refractivity contribution >= 4 is 39.7 Å². The average molecular weight is 265 g/mol. The third-order valence-corrected chi connectivity index (χ3v) is 3.11. The first-order chi connectivity index (χ1) is 6.91. The van der Waals surface area contributed by atoms with Crippen LogP contribution in [0.5, 0.6) is 0 Å². The van der Waals surface area contributed by atoms with Gasteiger partial charge >= 0.3 is 29.6 Å². The predicted octanol–water partition coefficient (Wildman–Crippen LogP) is -2.76. The third-order valence-electron chi connectivity index (χ3n) is 2.18. The summed E-state index contributed by atoms with van der Waals surface area (Å²) in [6.45, 7) is 2.14. The van der Waals surface area contributed by atoms with Gasteiger partial charge in [-0.25, -0.2) is 0 Å². The first-order valence-corrected chi connectivity index (χ1v) is 6.04. The molecule has 3 N–H and O–H groups in total. The molecule has 16 heavy (non-hydrogen) atoms. The molecule has 2 unspecified atom stereocenters. The number of nitrogens with zero attached hydrogens (tertiary/aromatic N) is 1. The first-order valence-electron chi connectivity index (χ1n) is 4.54. The van der Waals surface area contributed by atoms with E-state index in [0.29, 0.717) is 26.3 Å². The monoisotopic (exact) mass is 265 g/mol. The van der Waals surface area contributed by atoms with Crippen molar-refractivity contribution in [2.24, 2.45) is 0 Å². The van der Waals surface area contributed by atoms with Gasteiger partial charge in [-0.15, -0.1) is 0 Å². The summed E-state index contributed by atoms with van der Waals surface area (Å²) in [6.07, 6.45) is -1.52. The van der Waals surface area contributed by atoms with E-state index in [1.54, 1.807) is 4.90 Å². The van der Waals surface area contributed by atoms with E-state index in [1.165, 1.54) is 0 Å². The van der Waals surface area contributed by atoms with Crippen LogP contribution in [0.1, 0.15) is 0 Å². The summed E-state index contributed by atoms with van der Waals surface area (Å²) in [4.78, 5) is 1.75. The zero-order valence-corrected chi connectivity index (χ0v) is 8.93.